The first-order valence-corrected chi connectivity index (χ1v) is 6.00. The van der Waals surface area contributed by atoms with Gasteiger partial charge in [0.25, 0.3) is 0 Å². The monoisotopic (exact) mass is 241 g/mol. The van der Waals surface area contributed by atoms with Gasteiger partial charge in [0.15, 0.2) is 0 Å². The number of hydrogen-bond donors (Lipinski definition) is 2. The second kappa shape index (κ2) is 4.93. The van der Waals surface area contributed by atoms with Crippen molar-refractivity contribution in [3.8, 4) is 5.75 Å². The maximum atomic E-state index is 9.34. The molecule has 0 aromatic heterocycles. The van der Waals surface area contributed by atoms with Crippen LogP contribution >= 0.6 is 11.6 Å². The average molecular weight is 242 g/mol. The van der Waals surface area contributed by atoms with Gasteiger partial charge in [-0.2, -0.15) is 0 Å². The Morgan fingerprint density at radius 1 is 1.62 bits per heavy atom. The van der Waals surface area contributed by atoms with Crippen LogP contribution in [0.2, 0.25) is 0 Å². The zero-order valence-corrected chi connectivity index (χ0v) is 10.00. The van der Waals surface area contributed by atoms with Crippen LogP contribution in [0.3, 0.4) is 0 Å². The molecule has 2 rings (SSSR count). The summed E-state index contributed by atoms with van der Waals surface area (Å²) in [6, 6.07) is 5.99. The van der Waals surface area contributed by atoms with Gasteiger partial charge in [0.1, 0.15) is 11.9 Å². The number of ether oxygens (including phenoxy) is 1. The Morgan fingerprint density at radius 3 is 3.19 bits per heavy atom. The molecule has 2 N–H and O–H groups in total. The molecule has 0 bridgehead atoms. The number of hydrogen-bond acceptors (Lipinski definition) is 3. The lowest BCUT2D eigenvalue weighted by atomic mass is 10.1. The van der Waals surface area contributed by atoms with Gasteiger partial charge in [0.2, 0.25) is 0 Å². The van der Waals surface area contributed by atoms with Crippen LogP contribution in [0.5, 0.6) is 5.75 Å². The van der Waals surface area contributed by atoms with E-state index in [-0.39, 0.29) is 12.0 Å². The summed E-state index contributed by atoms with van der Waals surface area (Å²) in [5.74, 6) is 1.22. The van der Waals surface area contributed by atoms with Crippen LogP contribution in [0.4, 0.5) is 5.69 Å². The van der Waals surface area contributed by atoms with Crippen molar-refractivity contribution >= 4 is 17.3 Å². The van der Waals surface area contributed by atoms with Crippen LogP contribution in [-0.4, -0.2) is 29.7 Å². The number of anilines is 1. The third kappa shape index (κ3) is 2.60. The summed E-state index contributed by atoms with van der Waals surface area (Å²) >= 11 is 5.52. The van der Waals surface area contributed by atoms with Crippen molar-refractivity contribution in [1.82, 2.24) is 0 Å². The zero-order chi connectivity index (χ0) is 11.5. The topological polar surface area (TPSA) is 41.5 Å². The summed E-state index contributed by atoms with van der Waals surface area (Å²) in [7, 11) is 0. The molecule has 0 aliphatic carbocycles. The van der Waals surface area contributed by atoms with E-state index in [0.29, 0.717) is 6.54 Å². The van der Waals surface area contributed by atoms with Crippen LogP contribution < -0.4 is 10.1 Å². The lowest BCUT2D eigenvalue weighted by molar-refractivity contribution is 0.211. The first-order chi connectivity index (χ1) is 7.69. The highest BCUT2D eigenvalue weighted by molar-refractivity contribution is 6.18. The Hall–Kier alpha value is -0.930. The maximum Gasteiger partial charge on any atom is 0.123 e. The summed E-state index contributed by atoms with van der Waals surface area (Å²) in [5, 5.41) is 12.5. The fourth-order valence-corrected chi connectivity index (χ4v) is 1.93. The van der Waals surface area contributed by atoms with Crippen LogP contribution in [0.1, 0.15) is 12.5 Å². The highest BCUT2D eigenvalue weighted by Crippen LogP contribution is 2.30. The molecule has 88 valence electrons. The number of alkyl halides is 1. The standard InChI is InChI=1S/C12H16ClNO2/c1-8-4-9-5-10(2-3-12(9)16-8)14-7-11(15)6-13/h2-3,5,8,11,14-15H,4,6-7H2,1H3. The number of fused-ring (bicyclic) bond motifs is 1. The van der Waals surface area contributed by atoms with Gasteiger partial charge in [-0.05, 0) is 30.7 Å². The molecule has 1 aromatic rings. The molecule has 0 spiro atoms. The lowest BCUT2D eigenvalue weighted by Gasteiger charge is -2.10. The van der Waals surface area contributed by atoms with Gasteiger partial charge in [-0.25, -0.2) is 0 Å². The highest BCUT2D eigenvalue weighted by Gasteiger charge is 2.18. The van der Waals surface area contributed by atoms with Gasteiger partial charge in [-0.1, -0.05) is 0 Å². The summed E-state index contributed by atoms with van der Waals surface area (Å²) < 4.78 is 5.61. The van der Waals surface area contributed by atoms with E-state index in [0.717, 1.165) is 17.9 Å². The van der Waals surface area contributed by atoms with Crippen LogP contribution in [0.25, 0.3) is 0 Å². The number of benzene rings is 1. The predicted octanol–water partition coefficient (Wildman–Crippen LogP) is 2.02. The van der Waals surface area contributed by atoms with E-state index in [1.807, 2.05) is 12.1 Å². The van der Waals surface area contributed by atoms with Crippen LogP contribution in [-0.2, 0) is 6.42 Å². The second-order valence-electron chi connectivity index (χ2n) is 4.14. The number of halogens is 1. The Kier molecular flexibility index (Phi) is 3.56. The molecule has 0 radical (unpaired) electrons. The van der Waals surface area contributed by atoms with Gasteiger partial charge >= 0.3 is 0 Å². The molecular weight excluding hydrogens is 226 g/mol. The Labute approximate surface area is 100 Å². The van der Waals surface area contributed by atoms with E-state index in [9.17, 15) is 5.11 Å². The Morgan fingerprint density at radius 2 is 2.44 bits per heavy atom. The second-order valence-corrected chi connectivity index (χ2v) is 4.45. The predicted molar refractivity (Wildman–Crippen MR) is 65.5 cm³/mol. The Balaban J connectivity index is 2.00. The minimum absolute atomic E-state index is 0.248. The third-order valence-electron chi connectivity index (χ3n) is 2.62. The van der Waals surface area contributed by atoms with E-state index in [1.54, 1.807) is 0 Å². The van der Waals surface area contributed by atoms with E-state index in [2.05, 4.69) is 18.3 Å². The summed E-state index contributed by atoms with van der Waals surface area (Å²) in [5.41, 5.74) is 2.22. The molecule has 1 aliphatic rings. The van der Waals surface area contributed by atoms with Crippen molar-refractivity contribution < 1.29 is 9.84 Å². The maximum absolute atomic E-state index is 9.34. The number of rotatable bonds is 4. The van der Waals surface area contributed by atoms with Crippen molar-refractivity contribution in [1.29, 1.82) is 0 Å². The molecular formula is C12H16ClNO2. The highest BCUT2D eigenvalue weighted by atomic mass is 35.5. The fraction of sp³-hybridized carbons (Fsp3) is 0.500. The molecule has 2 unspecified atom stereocenters. The molecule has 4 heteroatoms. The molecule has 0 amide bonds. The van der Waals surface area contributed by atoms with Crippen molar-refractivity contribution in [3.05, 3.63) is 23.8 Å². The minimum atomic E-state index is -0.509. The smallest absolute Gasteiger partial charge is 0.123 e. The average Bonchev–Trinajstić information content (AvgIpc) is 2.65. The summed E-state index contributed by atoms with van der Waals surface area (Å²) in [4.78, 5) is 0. The first kappa shape index (κ1) is 11.6. The van der Waals surface area contributed by atoms with Crippen molar-refractivity contribution in [2.45, 2.75) is 25.6 Å². The van der Waals surface area contributed by atoms with Gasteiger partial charge < -0.3 is 15.2 Å². The van der Waals surface area contributed by atoms with Crippen LogP contribution in [0.15, 0.2) is 18.2 Å². The fourth-order valence-electron chi connectivity index (χ4n) is 1.82. The molecule has 0 fully saturated rings. The van der Waals surface area contributed by atoms with E-state index >= 15 is 0 Å². The zero-order valence-electron chi connectivity index (χ0n) is 9.24. The molecule has 1 aromatic carbocycles. The molecule has 0 saturated heterocycles. The largest absolute Gasteiger partial charge is 0.490 e. The van der Waals surface area contributed by atoms with Gasteiger partial charge in [-0.3, -0.25) is 0 Å². The summed E-state index contributed by atoms with van der Waals surface area (Å²) in [6.45, 7) is 2.53. The molecule has 2 atom stereocenters. The molecule has 16 heavy (non-hydrogen) atoms. The molecule has 1 aliphatic heterocycles. The van der Waals surface area contributed by atoms with Gasteiger partial charge in [0.05, 0.1) is 12.0 Å². The summed E-state index contributed by atoms with van der Waals surface area (Å²) in [6.07, 6.45) is 0.701. The molecule has 1 heterocycles. The molecule has 0 saturated carbocycles. The lowest BCUT2D eigenvalue weighted by Crippen LogP contribution is -2.20. The minimum Gasteiger partial charge on any atom is -0.490 e. The van der Waals surface area contributed by atoms with Crippen molar-refractivity contribution in [2.24, 2.45) is 0 Å². The number of nitrogens with one attached hydrogen (secondary N) is 1. The number of aliphatic hydroxyl groups is 1. The van der Waals surface area contributed by atoms with Gasteiger partial charge in [-0.15, -0.1) is 11.6 Å². The first-order valence-electron chi connectivity index (χ1n) is 5.46. The number of aliphatic hydroxyl groups excluding tert-OH is 1. The molecule has 3 nitrogen and oxygen atoms in total. The van der Waals surface area contributed by atoms with E-state index in [1.165, 1.54) is 5.56 Å². The Bertz CT molecular complexity index is 370. The van der Waals surface area contributed by atoms with E-state index in [4.69, 9.17) is 16.3 Å². The third-order valence-corrected chi connectivity index (χ3v) is 2.97. The van der Waals surface area contributed by atoms with Crippen molar-refractivity contribution in [2.75, 3.05) is 17.7 Å². The van der Waals surface area contributed by atoms with E-state index < -0.39 is 6.10 Å². The SMILES string of the molecule is CC1Cc2cc(NCC(O)CCl)ccc2O1. The van der Waals surface area contributed by atoms with Crippen LogP contribution in [0, 0.1) is 0 Å². The normalized spacial score (nSPS) is 20.1. The van der Waals surface area contributed by atoms with Gasteiger partial charge in [0, 0.05) is 18.7 Å². The van der Waals surface area contributed by atoms with Crippen molar-refractivity contribution in [3.63, 3.8) is 0 Å². The quantitative estimate of drug-likeness (QED) is 0.793.